The van der Waals surface area contributed by atoms with Crippen LogP contribution in [0.4, 0.5) is 5.69 Å². The summed E-state index contributed by atoms with van der Waals surface area (Å²) in [5, 5.41) is 2.95. The summed E-state index contributed by atoms with van der Waals surface area (Å²) in [6.45, 7) is 2.78. The van der Waals surface area contributed by atoms with Gasteiger partial charge in [0, 0.05) is 15.7 Å². The molecule has 0 saturated carbocycles. The van der Waals surface area contributed by atoms with Crippen LogP contribution >= 0.6 is 15.9 Å². The van der Waals surface area contributed by atoms with Crippen molar-refractivity contribution in [3.63, 3.8) is 0 Å². The topological polar surface area (TPSA) is 33.5 Å². The van der Waals surface area contributed by atoms with Gasteiger partial charge >= 0.3 is 0 Å². The van der Waals surface area contributed by atoms with E-state index in [-0.39, 0.29) is 11.9 Å². The van der Waals surface area contributed by atoms with Crippen molar-refractivity contribution in [2.45, 2.75) is 19.5 Å². The van der Waals surface area contributed by atoms with Crippen LogP contribution in [0.2, 0.25) is 0 Å². The summed E-state index contributed by atoms with van der Waals surface area (Å²) in [4.78, 5) is 13.4. The molecular formula is C17H20BrN2O+. The minimum atomic E-state index is -0.117. The van der Waals surface area contributed by atoms with E-state index in [2.05, 4.69) is 33.4 Å². The molecule has 0 spiro atoms. The average Bonchev–Trinajstić information content (AvgIpc) is 2.49. The number of halogens is 1. The fraction of sp³-hybridized carbons (Fsp3) is 0.235. The number of benzene rings is 2. The lowest BCUT2D eigenvalue weighted by Crippen LogP contribution is -3.12. The van der Waals surface area contributed by atoms with Crippen LogP contribution in [0.5, 0.6) is 0 Å². The van der Waals surface area contributed by atoms with Gasteiger partial charge in [-0.3, -0.25) is 4.79 Å². The highest BCUT2D eigenvalue weighted by molar-refractivity contribution is 9.10. The van der Waals surface area contributed by atoms with Gasteiger partial charge in [-0.1, -0.05) is 46.3 Å². The van der Waals surface area contributed by atoms with Gasteiger partial charge in [0.15, 0.2) is 6.04 Å². The van der Waals surface area contributed by atoms with Crippen LogP contribution < -0.4 is 10.2 Å². The molecule has 0 saturated heterocycles. The maximum absolute atomic E-state index is 12.3. The Morgan fingerprint density at radius 1 is 1.14 bits per heavy atom. The van der Waals surface area contributed by atoms with Gasteiger partial charge in [0.25, 0.3) is 5.91 Å². The molecule has 1 unspecified atom stereocenters. The van der Waals surface area contributed by atoms with Crippen LogP contribution in [0.1, 0.15) is 12.5 Å². The van der Waals surface area contributed by atoms with Gasteiger partial charge in [-0.2, -0.15) is 0 Å². The second-order valence-corrected chi connectivity index (χ2v) is 6.14. The zero-order valence-electron chi connectivity index (χ0n) is 12.3. The van der Waals surface area contributed by atoms with Crippen molar-refractivity contribution in [2.24, 2.45) is 0 Å². The smallest absolute Gasteiger partial charge is 0.282 e. The van der Waals surface area contributed by atoms with Crippen molar-refractivity contribution >= 4 is 27.5 Å². The largest absolute Gasteiger partial charge is 0.324 e. The van der Waals surface area contributed by atoms with Crippen LogP contribution in [0.25, 0.3) is 0 Å². The number of hydrogen-bond acceptors (Lipinski definition) is 1. The van der Waals surface area contributed by atoms with E-state index >= 15 is 0 Å². The first-order valence-corrected chi connectivity index (χ1v) is 7.78. The fourth-order valence-electron chi connectivity index (χ4n) is 2.08. The summed E-state index contributed by atoms with van der Waals surface area (Å²) in [7, 11) is 2.04. The van der Waals surface area contributed by atoms with Gasteiger partial charge in [0.05, 0.1) is 7.05 Å². The van der Waals surface area contributed by atoms with E-state index in [1.807, 2.05) is 56.4 Å². The summed E-state index contributed by atoms with van der Waals surface area (Å²) >= 11 is 3.38. The quantitative estimate of drug-likeness (QED) is 0.855. The molecule has 0 aliphatic rings. The van der Waals surface area contributed by atoms with Crippen molar-refractivity contribution in [1.82, 2.24) is 0 Å². The van der Waals surface area contributed by atoms with Crippen molar-refractivity contribution in [1.29, 1.82) is 0 Å². The van der Waals surface area contributed by atoms with Gasteiger partial charge in [0.2, 0.25) is 0 Å². The van der Waals surface area contributed by atoms with E-state index in [4.69, 9.17) is 0 Å². The van der Waals surface area contributed by atoms with Gasteiger partial charge in [-0.15, -0.1) is 0 Å². The molecule has 0 radical (unpaired) electrons. The Labute approximate surface area is 134 Å². The third-order valence-electron chi connectivity index (χ3n) is 3.57. The van der Waals surface area contributed by atoms with Crippen LogP contribution in [-0.2, 0) is 11.3 Å². The maximum Gasteiger partial charge on any atom is 0.282 e. The molecule has 4 heteroatoms. The summed E-state index contributed by atoms with van der Waals surface area (Å²) in [5.41, 5.74) is 2.06. The first-order valence-electron chi connectivity index (χ1n) is 6.99. The number of amides is 1. The number of carbonyl (C=O) groups is 1. The molecule has 2 N–H and O–H groups in total. The molecule has 110 valence electrons. The number of quaternary nitrogens is 1. The lowest BCUT2D eigenvalue weighted by atomic mass is 10.2. The van der Waals surface area contributed by atoms with Gasteiger partial charge in [0.1, 0.15) is 6.54 Å². The van der Waals surface area contributed by atoms with E-state index in [1.165, 1.54) is 5.56 Å². The zero-order chi connectivity index (χ0) is 15.2. The first kappa shape index (κ1) is 15.7. The third-order valence-corrected chi connectivity index (χ3v) is 4.10. The Morgan fingerprint density at radius 3 is 2.38 bits per heavy atom. The van der Waals surface area contributed by atoms with Gasteiger partial charge in [-0.05, 0) is 31.2 Å². The van der Waals surface area contributed by atoms with Crippen LogP contribution in [0.3, 0.4) is 0 Å². The lowest BCUT2D eigenvalue weighted by Gasteiger charge is -2.21. The molecule has 3 nitrogen and oxygen atoms in total. The molecule has 2 atom stereocenters. The van der Waals surface area contributed by atoms with E-state index in [1.54, 1.807) is 0 Å². The van der Waals surface area contributed by atoms with E-state index in [9.17, 15) is 4.79 Å². The lowest BCUT2D eigenvalue weighted by molar-refractivity contribution is -0.907. The second-order valence-electron chi connectivity index (χ2n) is 5.23. The Hall–Kier alpha value is -1.65. The molecule has 1 amide bonds. The van der Waals surface area contributed by atoms with Crippen molar-refractivity contribution in [3.05, 3.63) is 64.6 Å². The minimum absolute atomic E-state index is 0.0331. The molecule has 21 heavy (non-hydrogen) atoms. The molecule has 0 heterocycles. The summed E-state index contributed by atoms with van der Waals surface area (Å²) in [5.74, 6) is 0.0331. The number of likely N-dealkylation sites (N-methyl/N-ethyl adjacent to an activating group) is 1. The number of carbonyl (C=O) groups excluding carboxylic acids is 1. The Bertz CT molecular complexity index is 583. The highest BCUT2D eigenvalue weighted by Gasteiger charge is 2.21. The van der Waals surface area contributed by atoms with Gasteiger partial charge in [-0.25, -0.2) is 0 Å². The van der Waals surface area contributed by atoms with E-state index in [0.29, 0.717) is 0 Å². The average molecular weight is 348 g/mol. The molecular weight excluding hydrogens is 328 g/mol. The summed E-state index contributed by atoms with van der Waals surface area (Å²) in [6, 6.07) is 17.7. The fourth-order valence-corrected chi connectivity index (χ4v) is 2.34. The molecule has 0 aliphatic carbocycles. The Balaban J connectivity index is 1.93. The maximum atomic E-state index is 12.3. The van der Waals surface area contributed by atoms with Crippen molar-refractivity contribution in [2.75, 3.05) is 12.4 Å². The molecule has 0 aromatic heterocycles. The van der Waals surface area contributed by atoms with E-state index < -0.39 is 0 Å². The van der Waals surface area contributed by atoms with Crippen LogP contribution in [0, 0.1) is 0 Å². The molecule has 0 bridgehead atoms. The normalized spacial score (nSPS) is 13.5. The molecule has 2 aromatic rings. The molecule has 0 aliphatic heterocycles. The van der Waals surface area contributed by atoms with E-state index in [0.717, 1.165) is 21.6 Å². The first-order chi connectivity index (χ1) is 10.1. The Morgan fingerprint density at radius 2 is 1.76 bits per heavy atom. The summed E-state index contributed by atoms with van der Waals surface area (Å²) < 4.78 is 1.00. The standard InChI is InChI=1S/C17H19BrN2O/c1-13(20(2)12-14-6-4-3-5-7-14)17(21)19-16-10-8-15(18)9-11-16/h3-11,13H,12H2,1-2H3,(H,19,21)/p+1/t13-/m0/s1. The number of hydrogen-bond donors (Lipinski definition) is 2. The summed E-state index contributed by atoms with van der Waals surface area (Å²) in [6.07, 6.45) is 0. The predicted molar refractivity (Wildman–Crippen MR) is 89.3 cm³/mol. The molecule has 2 aromatic carbocycles. The van der Waals surface area contributed by atoms with Crippen LogP contribution in [0.15, 0.2) is 59.1 Å². The van der Waals surface area contributed by atoms with Crippen LogP contribution in [-0.4, -0.2) is 19.0 Å². The number of anilines is 1. The third kappa shape index (κ3) is 4.69. The minimum Gasteiger partial charge on any atom is -0.324 e. The van der Waals surface area contributed by atoms with Gasteiger partial charge < -0.3 is 10.2 Å². The highest BCUT2D eigenvalue weighted by Crippen LogP contribution is 2.14. The monoisotopic (exact) mass is 347 g/mol. The highest BCUT2D eigenvalue weighted by atomic mass is 79.9. The SMILES string of the molecule is C[C@@H](C(=O)Nc1ccc(Br)cc1)[NH+](C)Cc1ccccc1. The number of rotatable bonds is 5. The van der Waals surface area contributed by atoms with Crippen molar-refractivity contribution < 1.29 is 9.69 Å². The second kappa shape index (κ2) is 7.38. The molecule has 2 rings (SSSR count). The zero-order valence-corrected chi connectivity index (χ0v) is 13.9. The Kier molecular flexibility index (Phi) is 5.53. The van der Waals surface area contributed by atoms with Crippen molar-refractivity contribution in [3.8, 4) is 0 Å². The predicted octanol–water partition coefficient (Wildman–Crippen LogP) is 2.49. The molecule has 0 fully saturated rings. The number of nitrogens with one attached hydrogen (secondary N) is 2.